The number of nitrogens with zero attached hydrogens (tertiary/aromatic N) is 1. The molecule has 27 heavy (non-hydrogen) atoms. The van der Waals surface area contributed by atoms with Gasteiger partial charge in [-0.2, -0.15) is 0 Å². The molecule has 1 atom stereocenters. The van der Waals surface area contributed by atoms with E-state index in [1.165, 1.54) is 0 Å². The molecule has 1 aliphatic carbocycles. The van der Waals surface area contributed by atoms with Gasteiger partial charge in [-0.15, -0.1) is 0 Å². The number of hydrogen-bond donors (Lipinski definition) is 2. The van der Waals surface area contributed by atoms with Crippen LogP contribution in [-0.2, 0) is 4.79 Å². The zero-order chi connectivity index (χ0) is 19.2. The molecule has 0 bridgehead atoms. The van der Waals surface area contributed by atoms with Crippen LogP contribution in [0.5, 0.6) is 5.75 Å². The highest BCUT2D eigenvalue weighted by molar-refractivity contribution is 6.31. The molecule has 2 aliphatic rings. The molecule has 1 saturated carbocycles. The molecular formula is C20H28ClN3O3. The average molecular weight is 394 g/mol. The summed E-state index contributed by atoms with van der Waals surface area (Å²) in [4.78, 5) is 27.2. The molecule has 1 aliphatic heterocycles. The van der Waals surface area contributed by atoms with Crippen molar-refractivity contribution < 1.29 is 14.3 Å². The van der Waals surface area contributed by atoms with Crippen molar-refractivity contribution in [2.45, 2.75) is 44.6 Å². The molecule has 2 amide bonds. The topological polar surface area (TPSA) is 84.7 Å². The average Bonchev–Trinajstić information content (AvgIpc) is 3.20. The van der Waals surface area contributed by atoms with Crippen LogP contribution in [0.2, 0.25) is 5.02 Å². The highest BCUT2D eigenvalue weighted by Crippen LogP contribution is 2.30. The zero-order valence-electron chi connectivity index (χ0n) is 15.6. The predicted octanol–water partition coefficient (Wildman–Crippen LogP) is 2.59. The van der Waals surface area contributed by atoms with E-state index in [0.717, 1.165) is 38.5 Å². The maximum atomic E-state index is 13.2. The van der Waals surface area contributed by atoms with Crippen molar-refractivity contribution in [1.82, 2.24) is 10.2 Å². The summed E-state index contributed by atoms with van der Waals surface area (Å²) in [6, 6.07) is 5.21. The minimum Gasteiger partial charge on any atom is -0.490 e. The van der Waals surface area contributed by atoms with Crippen LogP contribution in [0, 0.1) is 5.92 Å². The fourth-order valence-electron chi connectivity index (χ4n) is 3.84. The summed E-state index contributed by atoms with van der Waals surface area (Å²) in [6.07, 6.45) is 6.09. The smallest absolute Gasteiger partial charge is 0.257 e. The Morgan fingerprint density at radius 1 is 1.22 bits per heavy atom. The van der Waals surface area contributed by atoms with Gasteiger partial charge in [0.1, 0.15) is 5.75 Å². The lowest BCUT2D eigenvalue weighted by Gasteiger charge is -2.32. The first-order valence-corrected chi connectivity index (χ1v) is 10.2. The lowest BCUT2D eigenvalue weighted by atomic mass is 9.96. The standard InChI is InChI=1S/C20H28ClN3O3/c21-15-7-8-18(27-16-5-1-2-6-16)17(12-15)20(26)24-11-3-4-14(13-24)19(25)23-10-9-22/h7-8,12,14,16H,1-6,9-11,13,22H2,(H,23,25). The van der Waals surface area contributed by atoms with Crippen LogP contribution in [-0.4, -0.2) is 49.0 Å². The van der Waals surface area contributed by atoms with Gasteiger partial charge < -0.3 is 20.7 Å². The second-order valence-electron chi connectivity index (χ2n) is 7.33. The Balaban J connectivity index is 1.72. The number of nitrogens with two attached hydrogens (primary N) is 1. The Morgan fingerprint density at radius 3 is 2.74 bits per heavy atom. The monoisotopic (exact) mass is 393 g/mol. The van der Waals surface area contributed by atoms with E-state index in [1.807, 2.05) is 0 Å². The van der Waals surface area contributed by atoms with Gasteiger partial charge in [-0.1, -0.05) is 11.6 Å². The van der Waals surface area contributed by atoms with Crippen molar-refractivity contribution in [3.63, 3.8) is 0 Å². The van der Waals surface area contributed by atoms with Gasteiger partial charge >= 0.3 is 0 Å². The van der Waals surface area contributed by atoms with Crippen LogP contribution in [0.25, 0.3) is 0 Å². The Hall–Kier alpha value is -1.79. The van der Waals surface area contributed by atoms with Crippen LogP contribution in [0.1, 0.15) is 48.9 Å². The number of carbonyl (C=O) groups is 2. The quantitative estimate of drug-likeness (QED) is 0.777. The van der Waals surface area contributed by atoms with Crippen LogP contribution in [0.4, 0.5) is 0 Å². The minimum absolute atomic E-state index is 0.0357. The van der Waals surface area contributed by atoms with Crippen molar-refractivity contribution in [2.24, 2.45) is 11.7 Å². The molecule has 1 aromatic rings. The third-order valence-corrected chi connectivity index (χ3v) is 5.53. The highest BCUT2D eigenvalue weighted by atomic mass is 35.5. The molecule has 3 N–H and O–H groups in total. The number of piperidine rings is 1. The summed E-state index contributed by atoms with van der Waals surface area (Å²) in [5, 5.41) is 3.33. The fourth-order valence-corrected chi connectivity index (χ4v) is 4.02. The van der Waals surface area contributed by atoms with Crippen molar-refractivity contribution in [1.29, 1.82) is 0 Å². The van der Waals surface area contributed by atoms with Gasteiger partial charge in [-0.3, -0.25) is 9.59 Å². The van der Waals surface area contributed by atoms with E-state index >= 15 is 0 Å². The third-order valence-electron chi connectivity index (χ3n) is 5.29. The number of ether oxygens (including phenoxy) is 1. The van der Waals surface area contributed by atoms with Gasteiger partial charge in [0.25, 0.3) is 5.91 Å². The summed E-state index contributed by atoms with van der Waals surface area (Å²) >= 11 is 6.15. The van der Waals surface area contributed by atoms with Gasteiger partial charge in [0.05, 0.1) is 17.6 Å². The van der Waals surface area contributed by atoms with Gasteiger partial charge in [0.2, 0.25) is 5.91 Å². The number of amides is 2. The van der Waals surface area contributed by atoms with E-state index in [4.69, 9.17) is 22.1 Å². The predicted molar refractivity (Wildman–Crippen MR) is 105 cm³/mol. The molecule has 1 heterocycles. The molecular weight excluding hydrogens is 366 g/mol. The van der Waals surface area contributed by atoms with E-state index in [2.05, 4.69) is 5.32 Å². The van der Waals surface area contributed by atoms with E-state index < -0.39 is 0 Å². The molecule has 7 heteroatoms. The summed E-state index contributed by atoms with van der Waals surface area (Å²) in [6.45, 7) is 1.90. The Labute approximate surface area is 165 Å². The number of hydrogen-bond acceptors (Lipinski definition) is 4. The van der Waals surface area contributed by atoms with Crippen molar-refractivity contribution in [3.05, 3.63) is 28.8 Å². The summed E-state index contributed by atoms with van der Waals surface area (Å²) < 4.78 is 6.10. The zero-order valence-corrected chi connectivity index (χ0v) is 16.3. The van der Waals surface area contributed by atoms with Crippen molar-refractivity contribution >= 4 is 23.4 Å². The molecule has 1 saturated heterocycles. The third kappa shape index (κ3) is 5.14. The molecule has 0 spiro atoms. The normalized spacial score (nSPS) is 20.5. The maximum absolute atomic E-state index is 13.2. The van der Waals surface area contributed by atoms with Crippen LogP contribution >= 0.6 is 11.6 Å². The molecule has 0 radical (unpaired) electrons. The highest BCUT2D eigenvalue weighted by Gasteiger charge is 2.30. The van der Waals surface area contributed by atoms with E-state index in [1.54, 1.807) is 23.1 Å². The lowest BCUT2D eigenvalue weighted by Crippen LogP contribution is -2.46. The van der Waals surface area contributed by atoms with Crippen LogP contribution in [0.3, 0.4) is 0 Å². The molecule has 148 valence electrons. The summed E-state index contributed by atoms with van der Waals surface area (Å²) in [5.41, 5.74) is 5.93. The molecule has 2 fully saturated rings. The number of halogens is 1. The molecule has 3 rings (SSSR count). The second kappa shape index (κ2) is 9.42. The largest absolute Gasteiger partial charge is 0.490 e. The Kier molecular flexibility index (Phi) is 6.96. The fraction of sp³-hybridized carbons (Fsp3) is 0.600. The molecule has 6 nitrogen and oxygen atoms in total. The maximum Gasteiger partial charge on any atom is 0.257 e. The summed E-state index contributed by atoms with van der Waals surface area (Å²) in [5.74, 6) is 0.229. The SMILES string of the molecule is NCCNC(=O)C1CCCN(C(=O)c2cc(Cl)ccc2OC2CCCC2)C1. The second-order valence-corrected chi connectivity index (χ2v) is 7.77. The van der Waals surface area contributed by atoms with E-state index in [0.29, 0.717) is 42.5 Å². The number of likely N-dealkylation sites (tertiary alicyclic amines) is 1. The van der Waals surface area contributed by atoms with E-state index in [9.17, 15) is 9.59 Å². The number of nitrogens with one attached hydrogen (secondary N) is 1. The molecule has 0 aromatic heterocycles. The van der Waals surface area contributed by atoms with Gasteiger partial charge in [0, 0.05) is 31.2 Å². The van der Waals surface area contributed by atoms with E-state index in [-0.39, 0.29) is 23.8 Å². The first-order valence-electron chi connectivity index (χ1n) is 9.81. The lowest BCUT2D eigenvalue weighted by molar-refractivity contribution is -0.126. The van der Waals surface area contributed by atoms with Gasteiger partial charge in [-0.05, 0) is 56.7 Å². The Morgan fingerprint density at radius 2 is 2.00 bits per heavy atom. The first kappa shape index (κ1) is 20.0. The van der Waals surface area contributed by atoms with Crippen molar-refractivity contribution in [2.75, 3.05) is 26.2 Å². The van der Waals surface area contributed by atoms with Crippen molar-refractivity contribution in [3.8, 4) is 5.75 Å². The van der Waals surface area contributed by atoms with Gasteiger partial charge in [0.15, 0.2) is 0 Å². The van der Waals surface area contributed by atoms with Crippen LogP contribution < -0.4 is 15.8 Å². The van der Waals surface area contributed by atoms with Crippen LogP contribution in [0.15, 0.2) is 18.2 Å². The summed E-state index contributed by atoms with van der Waals surface area (Å²) in [7, 11) is 0. The Bertz CT molecular complexity index is 676. The minimum atomic E-state index is -0.201. The molecule has 1 aromatic carbocycles. The van der Waals surface area contributed by atoms with Gasteiger partial charge in [-0.25, -0.2) is 0 Å². The first-order chi connectivity index (χ1) is 13.1. The number of benzene rings is 1. The molecule has 1 unspecified atom stereocenters. The number of carbonyl (C=O) groups excluding carboxylic acids is 2. The number of rotatable bonds is 6.